The average Bonchev–Trinajstić information content (AvgIpc) is 2.78. The van der Waals surface area contributed by atoms with Crippen molar-refractivity contribution in [2.45, 2.75) is 25.2 Å². The van der Waals surface area contributed by atoms with Crippen molar-refractivity contribution in [2.24, 2.45) is 0 Å². The lowest BCUT2D eigenvalue weighted by molar-refractivity contribution is -0.133. The van der Waals surface area contributed by atoms with Crippen LogP contribution in [-0.4, -0.2) is 46.7 Å². The lowest BCUT2D eigenvalue weighted by Gasteiger charge is -2.08. The van der Waals surface area contributed by atoms with Crippen LogP contribution >= 0.6 is 11.8 Å². The Morgan fingerprint density at radius 3 is 2.90 bits per heavy atom. The number of aromatic nitrogens is 5. The Hall–Kier alpha value is -2.00. The number of aliphatic carboxylic acids is 1. The van der Waals surface area contributed by atoms with Crippen LogP contribution in [0.3, 0.4) is 0 Å². The molecule has 0 saturated carbocycles. The molecule has 106 valence electrons. The summed E-state index contributed by atoms with van der Waals surface area (Å²) in [4.78, 5) is 18.9. The van der Waals surface area contributed by atoms with Crippen LogP contribution in [0.15, 0.2) is 17.4 Å². The van der Waals surface area contributed by atoms with Crippen molar-refractivity contribution < 1.29 is 15.0 Å². The molecule has 0 aliphatic carbocycles. The summed E-state index contributed by atoms with van der Waals surface area (Å²) in [5, 5.41) is 26.1. The molecule has 2 aromatic rings. The monoisotopic (exact) mass is 295 g/mol. The molecule has 0 atom stereocenters. The average molecular weight is 295 g/mol. The van der Waals surface area contributed by atoms with E-state index in [9.17, 15) is 9.90 Å². The predicted octanol–water partition coefficient (Wildman–Crippen LogP) is 0.0938. The topological polar surface area (TPSA) is 114 Å². The molecule has 0 spiro atoms. The number of hydrogen-bond donors (Lipinski definition) is 2. The highest BCUT2D eigenvalue weighted by atomic mass is 32.2. The van der Waals surface area contributed by atoms with Crippen LogP contribution < -0.4 is 0 Å². The van der Waals surface area contributed by atoms with Gasteiger partial charge in [-0.15, -0.1) is 10.2 Å². The second-order valence-corrected chi connectivity index (χ2v) is 4.86. The standard InChI is InChI=1S/C11H13N5O3S/c1-7-12-3-2-8(13-7)4-16-9(5-17)14-15-11(16)20-6-10(18)19/h2-3,17H,4-6H2,1H3,(H,18,19). The lowest BCUT2D eigenvalue weighted by Crippen LogP contribution is -2.09. The van der Waals surface area contributed by atoms with E-state index in [1.165, 1.54) is 0 Å². The number of aliphatic hydroxyl groups excluding tert-OH is 1. The minimum absolute atomic E-state index is 0.119. The van der Waals surface area contributed by atoms with Crippen LogP contribution in [0.4, 0.5) is 0 Å². The fourth-order valence-electron chi connectivity index (χ4n) is 1.58. The quantitative estimate of drug-likeness (QED) is 0.721. The van der Waals surface area contributed by atoms with Gasteiger partial charge in [-0.3, -0.25) is 9.36 Å². The Morgan fingerprint density at radius 1 is 1.45 bits per heavy atom. The highest BCUT2D eigenvalue weighted by molar-refractivity contribution is 7.99. The van der Waals surface area contributed by atoms with Gasteiger partial charge in [0.1, 0.15) is 12.4 Å². The molecular weight excluding hydrogens is 282 g/mol. The maximum absolute atomic E-state index is 10.6. The van der Waals surface area contributed by atoms with Gasteiger partial charge in [0.25, 0.3) is 0 Å². The van der Waals surface area contributed by atoms with E-state index >= 15 is 0 Å². The van der Waals surface area contributed by atoms with Gasteiger partial charge < -0.3 is 10.2 Å². The molecule has 8 nitrogen and oxygen atoms in total. The first-order valence-electron chi connectivity index (χ1n) is 5.76. The van der Waals surface area contributed by atoms with Crippen molar-refractivity contribution in [2.75, 3.05) is 5.75 Å². The third-order valence-electron chi connectivity index (χ3n) is 2.41. The normalized spacial score (nSPS) is 10.7. The number of carbonyl (C=O) groups is 1. The molecule has 9 heteroatoms. The molecule has 0 aliphatic rings. The van der Waals surface area contributed by atoms with E-state index in [0.29, 0.717) is 23.4 Å². The molecule has 0 saturated heterocycles. The highest BCUT2D eigenvalue weighted by Gasteiger charge is 2.14. The van der Waals surface area contributed by atoms with Crippen LogP contribution in [0.5, 0.6) is 0 Å². The molecule has 0 fully saturated rings. The summed E-state index contributed by atoms with van der Waals surface area (Å²) in [6.07, 6.45) is 1.64. The molecule has 0 amide bonds. The van der Waals surface area contributed by atoms with E-state index in [0.717, 1.165) is 17.5 Å². The highest BCUT2D eigenvalue weighted by Crippen LogP contribution is 2.18. The zero-order valence-corrected chi connectivity index (χ0v) is 11.5. The summed E-state index contributed by atoms with van der Waals surface area (Å²) in [5.41, 5.74) is 0.740. The van der Waals surface area contributed by atoms with E-state index < -0.39 is 5.97 Å². The Kier molecular flexibility index (Phi) is 4.64. The number of nitrogens with zero attached hydrogens (tertiary/aromatic N) is 5. The molecule has 0 radical (unpaired) electrons. The molecule has 0 aromatic carbocycles. The Bertz CT molecular complexity index is 616. The predicted molar refractivity (Wildman–Crippen MR) is 70.2 cm³/mol. The van der Waals surface area contributed by atoms with E-state index in [-0.39, 0.29) is 12.4 Å². The van der Waals surface area contributed by atoms with E-state index in [4.69, 9.17) is 5.11 Å². The number of rotatable bonds is 6. The summed E-state index contributed by atoms with van der Waals surface area (Å²) in [6.45, 7) is 1.86. The zero-order chi connectivity index (χ0) is 14.5. The molecule has 20 heavy (non-hydrogen) atoms. The van der Waals surface area contributed by atoms with Gasteiger partial charge in [0, 0.05) is 6.20 Å². The number of thioether (sulfide) groups is 1. The van der Waals surface area contributed by atoms with Crippen molar-refractivity contribution in [3.63, 3.8) is 0 Å². The minimum atomic E-state index is -0.937. The van der Waals surface area contributed by atoms with Crippen LogP contribution in [0.2, 0.25) is 0 Å². The molecule has 2 heterocycles. The fraction of sp³-hybridized carbons (Fsp3) is 0.364. The molecule has 2 aromatic heterocycles. The molecule has 2 rings (SSSR count). The van der Waals surface area contributed by atoms with Gasteiger partial charge >= 0.3 is 5.97 Å². The first-order chi connectivity index (χ1) is 9.60. The van der Waals surface area contributed by atoms with Crippen LogP contribution in [-0.2, 0) is 17.9 Å². The summed E-state index contributed by atoms with van der Waals surface area (Å²) in [6, 6.07) is 1.75. The first-order valence-corrected chi connectivity index (χ1v) is 6.74. The van der Waals surface area contributed by atoms with E-state index in [2.05, 4.69) is 20.2 Å². The number of hydrogen-bond acceptors (Lipinski definition) is 7. The molecule has 0 bridgehead atoms. The smallest absolute Gasteiger partial charge is 0.313 e. The first kappa shape index (κ1) is 14.4. The van der Waals surface area contributed by atoms with Gasteiger partial charge in [0.2, 0.25) is 0 Å². The third kappa shape index (κ3) is 3.52. The third-order valence-corrected chi connectivity index (χ3v) is 3.36. The van der Waals surface area contributed by atoms with E-state index in [1.807, 2.05) is 0 Å². The number of aryl methyl sites for hydroxylation is 1. The van der Waals surface area contributed by atoms with Gasteiger partial charge in [-0.1, -0.05) is 11.8 Å². The number of carboxylic acids is 1. The van der Waals surface area contributed by atoms with Crippen LogP contribution in [0, 0.1) is 6.92 Å². The van der Waals surface area contributed by atoms with Crippen molar-refractivity contribution in [3.05, 3.63) is 29.6 Å². The van der Waals surface area contributed by atoms with Crippen molar-refractivity contribution in [1.29, 1.82) is 0 Å². The Balaban J connectivity index is 2.24. The largest absolute Gasteiger partial charge is 0.481 e. The molecule has 0 aliphatic heterocycles. The van der Waals surface area contributed by atoms with Crippen molar-refractivity contribution in [3.8, 4) is 0 Å². The maximum atomic E-state index is 10.6. The fourth-order valence-corrected chi connectivity index (χ4v) is 2.26. The second-order valence-electron chi connectivity index (χ2n) is 3.92. The van der Waals surface area contributed by atoms with Gasteiger partial charge in [0.05, 0.1) is 18.0 Å². The maximum Gasteiger partial charge on any atom is 0.313 e. The molecule has 0 unspecified atom stereocenters. The Labute approximate surface area is 118 Å². The molecular formula is C11H13N5O3S. The summed E-state index contributed by atoms with van der Waals surface area (Å²) in [7, 11) is 0. The van der Waals surface area contributed by atoms with E-state index in [1.54, 1.807) is 23.8 Å². The summed E-state index contributed by atoms with van der Waals surface area (Å²) < 4.78 is 1.65. The van der Waals surface area contributed by atoms with Crippen molar-refractivity contribution >= 4 is 17.7 Å². The molecule has 2 N–H and O–H groups in total. The van der Waals surface area contributed by atoms with Gasteiger partial charge in [-0.25, -0.2) is 9.97 Å². The number of carboxylic acid groups (broad SMARTS) is 1. The van der Waals surface area contributed by atoms with Crippen molar-refractivity contribution in [1.82, 2.24) is 24.7 Å². The van der Waals surface area contributed by atoms with Crippen LogP contribution in [0.25, 0.3) is 0 Å². The minimum Gasteiger partial charge on any atom is -0.481 e. The van der Waals surface area contributed by atoms with Gasteiger partial charge in [0.15, 0.2) is 11.0 Å². The van der Waals surface area contributed by atoms with Gasteiger partial charge in [-0.2, -0.15) is 0 Å². The SMILES string of the molecule is Cc1nccc(Cn2c(CO)nnc2SCC(=O)O)n1. The number of aliphatic hydroxyl groups is 1. The Morgan fingerprint density at radius 2 is 2.25 bits per heavy atom. The lowest BCUT2D eigenvalue weighted by atomic mass is 10.4. The van der Waals surface area contributed by atoms with Gasteiger partial charge in [-0.05, 0) is 13.0 Å². The summed E-state index contributed by atoms with van der Waals surface area (Å²) >= 11 is 1.05. The van der Waals surface area contributed by atoms with Crippen LogP contribution in [0.1, 0.15) is 17.3 Å². The second kappa shape index (κ2) is 6.44. The zero-order valence-electron chi connectivity index (χ0n) is 10.7. The summed E-state index contributed by atoms with van der Waals surface area (Å²) in [5.74, 6) is -0.0465.